The predicted octanol–water partition coefficient (Wildman–Crippen LogP) is 9.32. The van der Waals surface area contributed by atoms with Crippen molar-refractivity contribution < 1.29 is 13.2 Å². The average Bonchev–Trinajstić information content (AvgIpc) is 2.83. The van der Waals surface area contributed by atoms with Crippen LogP contribution in [0.5, 0.6) is 0 Å². The van der Waals surface area contributed by atoms with Gasteiger partial charge in [0.1, 0.15) is 5.82 Å². The van der Waals surface area contributed by atoms with Crippen LogP contribution in [0.2, 0.25) is 0 Å². The Labute approximate surface area is 195 Å². The van der Waals surface area contributed by atoms with Crippen molar-refractivity contribution in [1.82, 2.24) is 0 Å². The Morgan fingerprint density at radius 1 is 0.788 bits per heavy atom. The lowest BCUT2D eigenvalue weighted by molar-refractivity contribution is 0.303. The van der Waals surface area contributed by atoms with Crippen molar-refractivity contribution in [3.05, 3.63) is 94.3 Å². The first-order valence-electron chi connectivity index (χ1n) is 12.0. The number of benzene rings is 3. The third-order valence-corrected chi connectivity index (χ3v) is 6.98. The highest BCUT2D eigenvalue weighted by atomic mass is 19.2. The fourth-order valence-electron chi connectivity index (χ4n) is 4.95. The lowest BCUT2D eigenvalue weighted by atomic mass is 9.77. The monoisotopic (exact) mass is 448 g/mol. The van der Waals surface area contributed by atoms with Crippen molar-refractivity contribution in [2.24, 2.45) is 5.92 Å². The van der Waals surface area contributed by atoms with Gasteiger partial charge in [0, 0.05) is 5.56 Å². The van der Waals surface area contributed by atoms with Crippen LogP contribution in [0.1, 0.15) is 73.6 Å². The van der Waals surface area contributed by atoms with Gasteiger partial charge >= 0.3 is 0 Å². The van der Waals surface area contributed by atoms with Crippen LogP contribution in [0.25, 0.3) is 23.3 Å². The van der Waals surface area contributed by atoms with Crippen molar-refractivity contribution in [1.29, 1.82) is 0 Å². The predicted molar refractivity (Wildman–Crippen MR) is 131 cm³/mol. The zero-order valence-electron chi connectivity index (χ0n) is 19.4. The molecule has 0 aromatic heterocycles. The molecule has 0 heterocycles. The first kappa shape index (κ1) is 23.4. The van der Waals surface area contributed by atoms with Gasteiger partial charge in [0.25, 0.3) is 0 Å². The molecule has 0 aliphatic heterocycles. The fraction of sp³-hybridized carbons (Fsp3) is 0.333. The molecule has 0 bridgehead atoms. The molecule has 0 atom stereocenters. The van der Waals surface area contributed by atoms with Gasteiger partial charge in [-0.3, -0.25) is 0 Å². The lowest BCUT2D eigenvalue weighted by Crippen LogP contribution is -2.14. The molecule has 0 spiro atoms. The Balaban J connectivity index is 1.48. The van der Waals surface area contributed by atoms with E-state index in [2.05, 4.69) is 6.92 Å². The minimum Gasteiger partial charge on any atom is -0.207 e. The maximum atomic E-state index is 15.0. The summed E-state index contributed by atoms with van der Waals surface area (Å²) in [5.74, 6) is -0.849. The van der Waals surface area contributed by atoms with E-state index in [1.807, 2.05) is 30.4 Å². The molecular weight excluding hydrogens is 417 g/mol. The molecule has 0 unspecified atom stereocenters. The topological polar surface area (TPSA) is 0 Å². The van der Waals surface area contributed by atoms with Gasteiger partial charge in [-0.05, 0) is 78.3 Å². The van der Waals surface area contributed by atoms with Crippen LogP contribution in [0.15, 0.2) is 54.6 Å². The van der Waals surface area contributed by atoms with E-state index in [1.54, 1.807) is 37.3 Å². The lowest BCUT2D eigenvalue weighted by Gasteiger charge is -2.29. The first-order valence-corrected chi connectivity index (χ1v) is 12.0. The molecule has 1 saturated carbocycles. The minimum absolute atomic E-state index is 0.112. The Kier molecular flexibility index (Phi) is 7.37. The summed E-state index contributed by atoms with van der Waals surface area (Å²) in [5, 5.41) is 0. The summed E-state index contributed by atoms with van der Waals surface area (Å²) in [4.78, 5) is 0. The van der Waals surface area contributed by atoms with E-state index in [9.17, 15) is 4.39 Å². The zero-order valence-corrected chi connectivity index (χ0v) is 19.4. The molecule has 172 valence electrons. The molecule has 0 radical (unpaired) electrons. The molecule has 0 saturated heterocycles. The summed E-state index contributed by atoms with van der Waals surface area (Å²) in [7, 11) is 0. The number of rotatable bonds is 6. The Morgan fingerprint density at radius 3 is 2.12 bits per heavy atom. The van der Waals surface area contributed by atoms with Crippen molar-refractivity contribution in [3.8, 4) is 11.1 Å². The van der Waals surface area contributed by atoms with Crippen LogP contribution in [-0.2, 0) is 0 Å². The van der Waals surface area contributed by atoms with Crippen molar-refractivity contribution >= 4 is 12.2 Å². The molecule has 3 heteroatoms. The molecule has 0 amide bonds. The Morgan fingerprint density at radius 2 is 1.45 bits per heavy atom. The third-order valence-electron chi connectivity index (χ3n) is 6.98. The van der Waals surface area contributed by atoms with Crippen LogP contribution in [-0.4, -0.2) is 0 Å². The number of hydrogen-bond acceptors (Lipinski definition) is 0. The van der Waals surface area contributed by atoms with Crippen LogP contribution >= 0.6 is 0 Å². The summed E-state index contributed by atoms with van der Waals surface area (Å²) in [5.41, 5.74) is 3.74. The molecule has 3 aromatic rings. The molecule has 0 nitrogen and oxygen atoms in total. The summed E-state index contributed by atoms with van der Waals surface area (Å²) in [6.45, 7) is 3.93. The van der Waals surface area contributed by atoms with E-state index < -0.39 is 11.6 Å². The maximum absolute atomic E-state index is 15.0. The number of hydrogen-bond donors (Lipinski definition) is 0. The molecule has 1 fully saturated rings. The van der Waals surface area contributed by atoms with Crippen LogP contribution < -0.4 is 0 Å². The Hall–Kier alpha value is -2.81. The minimum atomic E-state index is -0.762. The first-order chi connectivity index (χ1) is 16.0. The van der Waals surface area contributed by atoms with Crippen LogP contribution in [0.3, 0.4) is 0 Å². The smallest absolute Gasteiger partial charge is 0.166 e. The SMILES string of the molecule is CCCC1CCC(c2ccc(-c3ccc(/C=C/c4ccc(C)c(F)c4)cc3)c(F)c2F)CC1. The second kappa shape index (κ2) is 10.4. The van der Waals surface area contributed by atoms with E-state index in [1.165, 1.54) is 18.9 Å². The van der Waals surface area contributed by atoms with Crippen LogP contribution in [0, 0.1) is 30.3 Å². The van der Waals surface area contributed by atoms with E-state index in [4.69, 9.17) is 0 Å². The van der Waals surface area contributed by atoms with Crippen molar-refractivity contribution in [3.63, 3.8) is 0 Å². The van der Waals surface area contributed by atoms with Gasteiger partial charge in [-0.15, -0.1) is 0 Å². The van der Waals surface area contributed by atoms with Gasteiger partial charge in [-0.2, -0.15) is 0 Å². The van der Waals surface area contributed by atoms with E-state index in [0.717, 1.165) is 42.7 Å². The normalized spacial score (nSPS) is 18.7. The number of halogens is 3. The second-order valence-electron chi connectivity index (χ2n) is 9.30. The van der Waals surface area contributed by atoms with E-state index in [-0.39, 0.29) is 17.3 Å². The van der Waals surface area contributed by atoms with Gasteiger partial charge in [0.05, 0.1) is 0 Å². The summed E-state index contributed by atoms with van der Waals surface area (Å²) in [6.07, 6.45) is 10.2. The van der Waals surface area contributed by atoms with Crippen LogP contribution in [0.4, 0.5) is 13.2 Å². The maximum Gasteiger partial charge on any atom is 0.166 e. The summed E-state index contributed by atoms with van der Waals surface area (Å²) >= 11 is 0. The molecule has 1 aliphatic rings. The molecule has 3 aromatic carbocycles. The van der Waals surface area contributed by atoms with Crippen molar-refractivity contribution in [2.75, 3.05) is 0 Å². The molecule has 1 aliphatic carbocycles. The van der Waals surface area contributed by atoms with Gasteiger partial charge in [0.15, 0.2) is 11.6 Å². The molecule has 0 N–H and O–H groups in total. The third kappa shape index (κ3) is 5.40. The molecule has 4 rings (SSSR count). The highest BCUT2D eigenvalue weighted by Crippen LogP contribution is 2.40. The second-order valence-corrected chi connectivity index (χ2v) is 9.30. The zero-order chi connectivity index (χ0) is 23.4. The highest BCUT2D eigenvalue weighted by molar-refractivity contribution is 5.72. The van der Waals surface area contributed by atoms with Gasteiger partial charge in [0.2, 0.25) is 0 Å². The summed E-state index contributed by atoms with van der Waals surface area (Å²) < 4.78 is 43.7. The Bertz CT molecular complexity index is 1120. The van der Waals surface area contributed by atoms with E-state index in [0.29, 0.717) is 16.7 Å². The van der Waals surface area contributed by atoms with E-state index >= 15 is 8.78 Å². The van der Waals surface area contributed by atoms with Crippen molar-refractivity contribution in [2.45, 2.75) is 58.3 Å². The number of aryl methyl sites for hydroxylation is 1. The molecule has 33 heavy (non-hydrogen) atoms. The molecular formula is C30H31F3. The largest absolute Gasteiger partial charge is 0.207 e. The standard InChI is InChI=1S/C30H31F3/c1-3-4-21-9-13-24(14-10-21)26-17-18-27(30(33)29(26)32)25-15-11-22(12-16-25)7-8-23-6-5-20(2)28(31)19-23/h5-8,11-12,15-19,21,24H,3-4,9-10,13-14H2,1-2H3/b8-7+. The highest BCUT2D eigenvalue weighted by Gasteiger charge is 2.26. The average molecular weight is 449 g/mol. The quantitative estimate of drug-likeness (QED) is 0.330. The fourth-order valence-corrected chi connectivity index (χ4v) is 4.95. The summed E-state index contributed by atoms with van der Waals surface area (Å²) in [6, 6.07) is 15.9. The van der Waals surface area contributed by atoms with Gasteiger partial charge < -0.3 is 0 Å². The van der Waals surface area contributed by atoms with Gasteiger partial charge in [-0.25, -0.2) is 13.2 Å². The van der Waals surface area contributed by atoms with Gasteiger partial charge in [-0.1, -0.05) is 80.4 Å².